The molecule has 1 aromatic rings. The normalized spacial score (nSPS) is 11.8. The topological polar surface area (TPSA) is 81.4 Å². The molecule has 0 fully saturated rings. The van der Waals surface area contributed by atoms with Gasteiger partial charge in [0.05, 0.1) is 7.11 Å². The Balaban J connectivity index is 2.91. The van der Waals surface area contributed by atoms with E-state index in [1.54, 1.807) is 12.1 Å². The van der Waals surface area contributed by atoms with Crippen molar-refractivity contribution in [1.82, 2.24) is 5.32 Å². The minimum Gasteiger partial charge on any atom is -0.467 e. The van der Waals surface area contributed by atoms with Crippen LogP contribution in [0.2, 0.25) is 0 Å². The molecule has 1 unspecified atom stereocenters. The second-order valence-electron chi connectivity index (χ2n) is 4.53. The maximum Gasteiger partial charge on any atom is 0.329 e. The standard InChI is InChI=1S/C14H20N2O3S/c1-8-5-10(6-9(2)12(8)15)13(17)16-11(7-20-4)14(18)19-3/h5-6,11H,7,15H2,1-4H3,(H,16,17). The monoisotopic (exact) mass is 296 g/mol. The van der Waals surface area contributed by atoms with Gasteiger partial charge in [-0.15, -0.1) is 0 Å². The fourth-order valence-electron chi connectivity index (χ4n) is 1.82. The van der Waals surface area contributed by atoms with Crippen molar-refractivity contribution in [3.8, 4) is 0 Å². The highest BCUT2D eigenvalue weighted by molar-refractivity contribution is 7.98. The lowest BCUT2D eigenvalue weighted by Crippen LogP contribution is -2.43. The van der Waals surface area contributed by atoms with Crippen LogP contribution in [0.3, 0.4) is 0 Å². The molecule has 6 heteroatoms. The number of anilines is 1. The predicted octanol–water partition coefficient (Wildman–Crippen LogP) is 1.52. The first-order valence-corrected chi connectivity index (χ1v) is 7.54. The molecule has 3 N–H and O–H groups in total. The summed E-state index contributed by atoms with van der Waals surface area (Å²) < 4.78 is 4.68. The number of amides is 1. The first-order valence-electron chi connectivity index (χ1n) is 6.15. The van der Waals surface area contributed by atoms with Crippen LogP contribution in [-0.4, -0.2) is 37.0 Å². The highest BCUT2D eigenvalue weighted by Crippen LogP contribution is 2.18. The molecule has 0 spiro atoms. The number of ether oxygens (including phenoxy) is 1. The molecule has 0 aliphatic heterocycles. The zero-order valence-corrected chi connectivity index (χ0v) is 13.0. The molecule has 0 radical (unpaired) electrons. The molecule has 0 saturated heterocycles. The molecular weight excluding hydrogens is 276 g/mol. The number of methoxy groups -OCH3 is 1. The van der Waals surface area contributed by atoms with Gasteiger partial charge in [-0.25, -0.2) is 4.79 Å². The number of benzene rings is 1. The number of carbonyl (C=O) groups is 2. The van der Waals surface area contributed by atoms with Gasteiger partial charge >= 0.3 is 5.97 Å². The van der Waals surface area contributed by atoms with Crippen molar-refractivity contribution in [3.05, 3.63) is 28.8 Å². The quantitative estimate of drug-likeness (QED) is 0.636. The zero-order chi connectivity index (χ0) is 15.3. The fraction of sp³-hybridized carbons (Fsp3) is 0.429. The molecule has 1 aromatic carbocycles. The molecular formula is C14H20N2O3S. The van der Waals surface area contributed by atoms with Crippen molar-refractivity contribution in [2.75, 3.05) is 24.9 Å². The molecule has 0 aliphatic rings. The van der Waals surface area contributed by atoms with Crippen molar-refractivity contribution in [2.24, 2.45) is 0 Å². The minimum atomic E-state index is -0.652. The summed E-state index contributed by atoms with van der Waals surface area (Å²) in [6, 6.07) is 2.77. The molecule has 20 heavy (non-hydrogen) atoms. The third-order valence-corrected chi connectivity index (χ3v) is 3.65. The lowest BCUT2D eigenvalue weighted by Gasteiger charge is -2.16. The van der Waals surface area contributed by atoms with Crippen LogP contribution in [0.15, 0.2) is 12.1 Å². The highest BCUT2D eigenvalue weighted by atomic mass is 32.2. The van der Waals surface area contributed by atoms with Crippen molar-refractivity contribution in [3.63, 3.8) is 0 Å². The van der Waals surface area contributed by atoms with Crippen LogP contribution in [0.1, 0.15) is 21.5 Å². The molecule has 5 nitrogen and oxygen atoms in total. The van der Waals surface area contributed by atoms with Crippen LogP contribution >= 0.6 is 11.8 Å². The average molecular weight is 296 g/mol. The van der Waals surface area contributed by atoms with Gasteiger partial charge in [0.2, 0.25) is 0 Å². The Hall–Kier alpha value is -1.69. The number of aryl methyl sites for hydroxylation is 2. The van der Waals surface area contributed by atoms with E-state index in [0.29, 0.717) is 17.0 Å². The number of esters is 1. The molecule has 0 aliphatic carbocycles. The molecule has 0 aromatic heterocycles. The van der Waals surface area contributed by atoms with E-state index in [1.807, 2.05) is 20.1 Å². The molecule has 1 rings (SSSR count). The van der Waals surface area contributed by atoms with E-state index >= 15 is 0 Å². The van der Waals surface area contributed by atoms with E-state index in [2.05, 4.69) is 10.1 Å². The minimum absolute atomic E-state index is 0.305. The Bertz CT molecular complexity index is 494. The molecule has 0 saturated carbocycles. The van der Waals surface area contributed by atoms with Crippen LogP contribution in [0, 0.1) is 13.8 Å². The van der Waals surface area contributed by atoms with Crippen molar-refractivity contribution in [1.29, 1.82) is 0 Å². The summed E-state index contributed by atoms with van der Waals surface area (Å²) in [5.41, 5.74) is 8.71. The molecule has 110 valence electrons. The largest absolute Gasteiger partial charge is 0.467 e. The fourth-order valence-corrected chi connectivity index (χ4v) is 2.38. The van der Waals surface area contributed by atoms with Crippen molar-refractivity contribution < 1.29 is 14.3 Å². The summed E-state index contributed by atoms with van der Waals surface area (Å²) in [4.78, 5) is 23.8. The number of nitrogens with two attached hydrogens (primary N) is 1. The van der Waals surface area contributed by atoms with Gasteiger partial charge in [0.1, 0.15) is 6.04 Å². The summed E-state index contributed by atoms with van der Waals surface area (Å²) in [6.45, 7) is 3.69. The number of hydrogen-bond donors (Lipinski definition) is 2. The summed E-state index contributed by atoms with van der Waals surface area (Å²) in [6.07, 6.45) is 1.86. The predicted molar refractivity (Wildman–Crippen MR) is 82.0 cm³/mol. The number of carbonyl (C=O) groups excluding carboxylic acids is 2. The number of rotatable bonds is 5. The third kappa shape index (κ3) is 3.90. The Kier molecular flexibility index (Phi) is 5.88. The summed E-state index contributed by atoms with van der Waals surface area (Å²) in [5.74, 6) is -0.289. The van der Waals surface area contributed by atoms with Crippen LogP contribution < -0.4 is 11.1 Å². The Morgan fingerprint density at radius 1 is 1.35 bits per heavy atom. The first-order chi connectivity index (χ1) is 9.40. The smallest absolute Gasteiger partial charge is 0.329 e. The van der Waals surface area contributed by atoms with Gasteiger partial charge in [-0.1, -0.05) is 0 Å². The van der Waals surface area contributed by atoms with E-state index in [1.165, 1.54) is 18.9 Å². The van der Waals surface area contributed by atoms with Gasteiger partial charge < -0.3 is 15.8 Å². The number of nitrogens with one attached hydrogen (secondary N) is 1. The maximum absolute atomic E-state index is 12.2. The van der Waals surface area contributed by atoms with Gasteiger partial charge in [0, 0.05) is 17.0 Å². The average Bonchev–Trinajstić information content (AvgIpc) is 2.42. The lowest BCUT2D eigenvalue weighted by atomic mass is 10.0. The van der Waals surface area contributed by atoms with Crippen LogP contribution in [0.5, 0.6) is 0 Å². The van der Waals surface area contributed by atoms with Crippen molar-refractivity contribution in [2.45, 2.75) is 19.9 Å². The zero-order valence-electron chi connectivity index (χ0n) is 12.1. The SMILES string of the molecule is COC(=O)C(CSC)NC(=O)c1cc(C)c(N)c(C)c1. The highest BCUT2D eigenvalue weighted by Gasteiger charge is 2.22. The number of hydrogen-bond acceptors (Lipinski definition) is 5. The van der Waals surface area contributed by atoms with Gasteiger partial charge in [-0.2, -0.15) is 11.8 Å². The second-order valence-corrected chi connectivity index (χ2v) is 5.44. The maximum atomic E-state index is 12.2. The van der Waals surface area contributed by atoms with E-state index in [9.17, 15) is 9.59 Å². The van der Waals surface area contributed by atoms with Crippen LogP contribution in [-0.2, 0) is 9.53 Å². The first kappa shape index (κ1) is 16.4. The molecule has 1 amide bonds. The molecule has 1 atom stereocenters. The van der Waals surface area contributed by atoms with E-state index in [-0.39, 0.29) is 5.91 Å². The number of thioether (sulfide) groups is 1. The second kappa shape index (κ2) is 7.19. The summed E-state index contributed by atoms with van der Waals surface area (Å²) in [5, 5.41) is 2.68. The molecule has 0 heterocycles. The molecule has 0 bridgehead atoms. The Labute approximate surface area is 123 Å². The third-order valence-electron chi connectivity index (χ3n) is 2.98. The van der Waals surface area contributed by atoms with Gasteiger partial charge in [-0.05, 0) is 43.4 Å². The van der Waals surface area contributed by atoms with E-state index in [4.69, 9.17) is 5.73 Å². The van der Waals surface area contributed by atoms with Crippen LogP contribution in [0.4, 0.5) is 5.69 Å². The van der Waals surface area contributed by atoms with Gasteiger partial charge in [0.25, 0.3) is 5.91 Å². The summed E-state index contributed by atoms with van der Waals surface area (Å²) in [7, 11) is 1.30. The van der Waals surface area contributed by atoms with E-state index < -0.39 is 12.0 Å². The Morgan fingerprint density at radius 3 is 2.35 bits per heavy atom. The van der Waals surface area contributed by atoms with Gasteiger partial charge in [-0.3, -0.25) is 4.79 Å². The van der Waals surface area contributed by atoms with Crippen LogP contribution in [0.25, 0.3) is 0 Å². The van der Waals surface area contributed by atoms with Gasteiger partial charge in [0.15, 0.2) is 0 Å². The van der Waals surface area contributed by atoms with Crippen molar-refractivity contribution >= 4 is 29.3 Å². The van der Waals surface area contributed by atoms with E-state index in [0.717, 1.165) is 11.1 Å². The Morgan fingerprint density at radius 2 is 1.90 bits per heavy atom. The number of nitrogen functional groups attached to an aromatic ring is 1. The lowest BCUT2D eigenvalue weighted by molar-refractivity contribution is -0.142. The summed E-state index contributed by atoms with van der Waals surface area (Å²) >= 11 is 1.46.